The van der Waals surface area contributed by atoms with E-state index in [1.807, 2.05) is 45.0 Å². The minimum absolute atomic E-state index is 0.0207. The molecule has 1 saturated heterocycles. The standard InChI is InChI=1S/C27H34N6O2/c1-27(2,3)35-24(34)21-33-26(28-29-30-33)25(23-14-8-5-9-15-23)32-19-17-31(18-20-32)16-10-13-22-11-6-4-7-12-22/h4-15,25H,16-21H2,1-3H3/b13-10+/t25-/m0/s1. The van der Waals surface area contributed by atoms with E-state index in [-0.39, 0.29) is 18.6 Å². The molecule has 4 rings (SSSR count). The van der Waals surface area contributed by atoms with Crippen LogP contribution in [-0.2, 0) is 16.1 Å². The van der Waals surface area contributed by atoms with Crippen molar-refractivity contribution >= 4 is 12.0 Å². The van der Waals surface area contributed by atoms with Gasteiger partial charge < -0.3 is 4.74 Å². The molecule has 2 heterocycles. The smallest absolute Gasteiger partial charge is 0.328 e. The van der Waals surface area contributed by atoms with E-state index in [9.17, 15) is 4.79 Å². The zero-order chi connectivity index (χ0) is 24.7. The van der Waals surface area contributed by atoms with Crippen LogP contribution in [0.15, 0.2) is 66.7 Å². The maximum absolute atomic E-state index is 12.5. The van der Waals surface area contributed by atoms with Gasteiger partial charge in [0, 0.05) is 32.7 Å². The Kier molecular flexibility index (Phi) is 8.05. The molecule has 0 amide bonds. The first-order valence-corrected chi connectivity index (χ1v) is 12.1. The van der Waals surface area contributed by atoms with Crippen molar-refractivity contribution in [3.8, 4) is 0 Å². The predicted molar refractivity (Wildman–Crippen MR) is 135 cm³/mol. The predicted octanol–water partition coefficient (Wildman–Crippen LogP) is 3.44. The average molecular weight is 475 g/mol. The third kappa shape index (κ3) is 7.07. The Balaban J connectivity index is 1.45. The summed E-state index contributed by atoms with van der Waals surface area (Å²) in [5.41, 5.74) is 1.76. The van der Waals surface area contributed by atoms with E-state index in [1.54, 1.807) is 4.68 Å². The maximum Gasteiger partial charge on any atom is 0.328 e. The number of carbonyl (C=O) groups excluding carboxylic acids is 1. The van der Waals surface area contributed by atoms with E-state index in [4.69, 9.17) is 4.74 Å². The largest absolute Gasteiger partial charge is 0.459 e. The summed E-state index contributed by atoms with van der Waals surface area (Å²) >= 11 is 0. The lowest BCUT2D eigenvalue weighted by Crippen LogP contribution is -2.48. The molecule has 35 heavy (non-hydrogen) atoms. The molecular formula is C27H34N6O2. The zero-order valence-corrected chi connectivity index (χ0v) is 20.7. The van der Waals surface area contributed by atoms with Crippen LogP contribution in [0, 0.1) is 0 Å². The number of carbonyl (C=O) groups is 1. The normalized spacial score (nSPS) is 16.4. The first kappa shape index (κ1) is 24.8. The van der Waals surface area contributed by atoms with Crippen molar-refractivity contribution < 1.29 is 9.53 Å². The molecule has 0 saturated carbocycles. The molecule has 1 aliphatic heterocycles. The van der Waals surface area contributed by atoms with Gasteiger partial charge in [-0.05, 0) is 42.3 Å². The van der Waals surface area contributed by atoms with Crippen molar-refractivity contribution in [2.24, 2.45) is 0 Å². The van der Waals surface area contributed by atoms with E-state index in [1.165, 1.54) is 5.56 Å². The van der Waals surface area contributed by atoms with E-state index >= 15 is 0 Å². The fourth-order valence-corrected chi connectivity index (χ4v) is 4.28. The molecule has 0 unspecified atom stereocenters. The summed E-state index contributed by atoms with van der Waals surface area (Å²) in [6.07, 6.45) is 4.39. The van der Waals surface area contributed by atoms with Gasteiger partial charge in [0.15, 0.2) is 5.82 Å². The highest BCUT2D eigenvalue weighted by atomic mass is 16.6. The molecule has 0 spiro atoms. The summed E-state index contributed by atoms with van der Waals surface area (Å²) in [5.74, 6) is 0.298. The first-order chi connectivity index (χ1) is 16.9. The van der Waals surface area contributed by atoms with Crippen molar-refractivity contribution in [2.45, 2.75) is 39.0 Å². The fourth-order valence-electron chi connectivity index (χ4n) is 4.28. The average Bonchev–Trinajstić information content (AvgIpc) is 3.28. The van der Waals surface area contributed by atoms with Crippen LogP contribution in [0.1, 0.15) is 43.8 Å². The Morgan fingerprint density at radius 1 is 1.00 bits per heavy atom. The molecule has 0 N–H and O–H groups in total. The van der Waals surface area contributed by atoms with Crippen LogP contribution >= 0.6 is 0 Å². The van der Waals surface area contributed by atoms with Gasteiger partial charge in [-0.2, -0.15) is 0 Å². The molecule has 8 heteroatoms. The van der Waals surface area contributed by atoms with Crippen molar-refractivity contribution in [2.75, 3.05) is 32.7 Å². The molecule has 1 aromatic heterocycles. The number of rotatable bonds is 8. The van der Waals surface area contributed by atoms with Crippen LogP contribution in [-0.4, -0.2) is 74.3 Å². The number of aromatic nitrogens is 4. The lowest BCUT2D eigenvalue weighted by molar-refractivity contribution is -0.155. The molecular weight excluding hydrogens is 440 g/mol. The number of piperazine rings is 1. The third-order valence-corrected chi connectivity index (χ3v) is 5.86. The molecule has 0 aliphatic carbocycles. The molecule has 1 atom stereocenters. The minimum Gasteiger partial charge on any atom is -0.459 e. The number of hydrogen-bond acceptors (Lipinski definition) is 7. The van der Waals surface area contributed by atoms with Crippen molar-refractivity contribution in [3.05, 3.63) is 83.7 Å². The van der Waals surface area contributed by atoms with Crippen LogP contribution in [0.5, 0.6) is 0 Å². The van der Waals surface area contributed by atoms with Gasteiger partial charge >= 0.3 is 5.97 Å². The Morgan fingerprint density at radius 2 is 1.66 bits per heavy atom. The quantitative estimate of drug-likeness (QED) is 0.463. The number of hydrogen-bond donors (Lipinski definition) is 0. The molecule has 184 valence electrons. The van der Waals surface area contributed by atoms with Gasteiger partial charge in [-0.3, -0.25) is 14.6 Å². The monoisotopic (exact) mass is 474 g/mol. The SMILES string of the molecule is CC(C)(C)OC(=O)Cn1nnnc1[C@H](c1ccccc1)N1CCN(C/C=C/c2ccccc2)CC1. The Bertz CT molecular complexity index is 1100. The molecule has 0 radical (unpaired) electrons. The third-order valence-electron chi connectivity index (χ3n) is 5.86. The Morgan fingerprint density at radius 3 is 2.31 bits per heavy atom. The highest BCUT2D eigenvalue weighted by Crippen LogP contribution is 2.28. The van der Waals surface area contributed by atoms with E-state index in [0.29, 0.717) is 5.82 Å². The van der Waals surface area contributed by atoms with Gasteiger partial charge in [0.1, 0.15) is 12.1 Å². The van der Waals surface area contributed by atoms with E-state index in [2.05, 4.69) is 73.9 Å². The van der Waals surface area contributed by atoms with Gasteiger partial charge in [0.25, 0.3) is 0 Å². The van der Waals surface area contributed by atoms with Gasteiger partial charge in [-0.25, -0.2) is 4.68 Å². The van der Waals surface area contributed by atoms with Gasteiger partial charge in [-0.1, -0.05) is 72.8 Å². The van der Waals surface area contributed by atoms with E-state index < -0.39 is 5.60 Å². The topological polar surface area (TPSA) is 76.4 Å². The van der Waals surface area contributed by atoms with Gasteiger partial charge in [0.2, 0.25) is 0 Å². The zero-order valence-electron chi connectivity index (χ0n) is 20.7. The lowest BCUT2D eigenvalue weighted by atomic mass is 10.0. The second-order valence-electron chi connectivity index (χ2n) is 9.74. The van der Waals surface area contributed by atoms with E-state index in [0.717, 1.165) is 38.3 Å². The Labute approximate surface area is 207 Å². The van der Waals surface area contributed by atoms with Gasteiger partial charge in [-0.15, -0.1) is 5.10 Å². The molecule has 0 bridgehead atoms. The fraction of sp³-hybridized carbons (Fsp3) is 0.407. The van der Waals surface area contributed by atoms with Crippen LogP contribution in [0.3, 0.4) is 0 Å². The van der Waals surface area contributed by atoms with Crippen molar-refractivity contribution in [3.63, 3.8) is 0 Å². The summed E-state index contributed by atoms with van der Waals surface area (Å²) < 4.78 is 7.07. The molecule has 1 aliphatic rings. The van der Waals surface area contributed by atoms with Crippen LogP contribution in [0.2, 0.25) is 0 Å². The summed E-state index contributed by atoms with van der Waals surface area (Å²) in [6.45, 7) is 10.1. The summed E-state index contributed by atoms with van der Waals surface area (Å²) in [4.78, 5) is 17.3. The molecule has 8 nitrogen and oxygen atoms in total. The van der Waals surface area contributed by atoms with Crippen LogP contribution < -0.4 is 0 Å². The molecule has 3 aromatic rings. The summed E-state index contributed by atoms with van der Waals surface area (Å²) in [7, 11) is 0. The van der Waals surface area contributed by atoms with Gasteiger partial charge in [0.05, 0.1) is 6.04 Å². The number of benzene rings is 2. The second kappa shape index (κ2) is 11.4. The van der Waals surface area contributed by atoms with Crippen LogP contribution in [0.4, 0.5) is 0 Å². The number of esters is 1. The van der Waals surface area contributed by atoms with Crippen molar-refractivity contribution in [1.82, 2.24) is 30.0 Å². The highest BCUT2D eigenvalue weighted by Gasteiger charge is 2.31. The highest BCUT2D eigenvalue weighted by molar-refractivity contribution is 5.69. The lowest BCUT2D eigenvalue weighted by Gasteiger charge is -2.38. The van der Waals surface area contributed by atoms with Crippen LogP contribution in [0.25, 0.3) is 6.08 Å². The van der Waals surface area contributed by atoms with Crippen molar-refractivity contribution in [1.29, 1.82) is 0 Å². The maximum atomic E-state index is 12.5. The summed E-state index contributed by atoms with van der Waals surface area (Å²) in [6, 6.07) is 20.4. The summed E-state index contributed by atoms with van der Waals surface area (Å²) in [5, 5.41) is 12.4. The molecule has 2 aromatic carbocycles. The molecule has 1 fully saturated rings. The number of tetrazole rings is 1. The second-order valence-corrected chi connectivity index (χ2v) is 9.74. The first-order valence-electron chi connectivity index (χ1n) is 12.1. The number of nitrogens with zero attached hydrogens (tertiary/aromatic N) is 6. The number of ether oxygens (including phenoxy) is 1. The minimum atomic E-state index is -0.560. The Hall–Kier alpha value is -3.36.